The Labute approximate surface area is 206 Å². The van der Waals surface area contributed by atoms with Crippen LogP contribution in [0.15, 0.2) is 63.4 Å². The van der Waals surface area contributed by atoms with E-state index in [0.29, 0.717) is 29.4 Å². The van der Waals surface area contributed by atoms with E-state index in [0.717, 1.165) is 22.2 Å². The lowest BCUT2D eigenvalue weighted by Crippen LogP contribution is -2.30. The molecule has 2 atom stereocenters. The number of H-pyrrole nitrogens is 1. The maximum Gasteiger partial charge on any atom is 0.416 e. The number of nitrogens with zero attached hydrogens (tertiary/aromatic N) is 2. The summed E-state index contributed by atoms with van der Waals surface area (Å²) in [4.78, 5) is 18.8. The lowest BCUT2D eigenvalue weighted by Gasteiger charge is -2.14. The highest BCUT2D eigenvalue weighted by Gasteiger charge is 2.33. The summed E-state index contributed by atoms with van der Waals surface area (Å²) < 4.78 is 39.6. The first-order valence-corrected chi connectivity index (χ1v) is 12.1. The van der Waals surface area contributed by atoms with Crippen molar-refractivity contribution in [3.05, 3.63) is 91.5 Å². The standard InChI is InChI=1S/C16H19N3O.C11H14F3P/c1-5-13-9-12(7-8-14(13)17-4)10-15-11(3)19(6-2)16(20)18-15;1-3-8-4-5-9(7(2)15)6-10(8)11(12,13)14/h5,7-10H,3,6H2,1-2,4H3,(H,18,20);4-7H,3,15H2,1-2H3/b13-5-,15-10-,17-14?;. The molecular formula is C27H33F3N3OP. The highest BCUT2D eigenvalue weighted by molar-refractivity contribution is 7.17. The van der Waals surface area contributed by atoms with Crippen molar-refractivity contribution in [2.24, 2.45) is 4.99 Å². The van der Waals surface area contributed by atoms with Crippen LogP contribution in [0.25, 0.3) is 12.7 Å². The van der Waals surface area contributed by atoms with Gasteiger partial charge in [0.05, 0.1) is 22.0 Å². The molecule has 3 rings (SSSR count). The Kier molecular flexibility index (Phi) is 9.84. The van der Waals surface area contributed by atoms with E-state index < -0.39 is 11.7 Å². The fourth-order valence-electron chi connectivity index (χ4n) is 3.69. The number of hydrogen-bond donors (Lipinski definition) is 1. The number of aryl methyl sites for hydroxylation is 1. The molecule has 1 aliphatic rings. The van der Waals surface area contributed by atoms with Gasteiger partial charge in [0.2, 0.25) is 0 Å². The van der Waals surface area contributed by atoms with Crippen molar-refractivity contribution >= 4 is 27.6 Å². The molecule has 1 heterocycles. The van der Waals surface area contributed by atoms with Crippen molar-refractivity contribution < 1.29 is 13.2 Å². The number of nitrogens with one attached hydrogen (secondary N) is 1. The number of imidazole rings is 1. The van der Waals surface area contributed by atoms with E-state index in [4.69, 9.17) is 0 Å². The number of aromatic amines is 1. The first kappa shape index (κ1) is 28.3. The van der Waals surface area contributed by atoms with Crippen molar-refractivity contribution in [3.63, 3.8) is 0 Å². The van der Waals surface area contributed by atoms with Gasteiger partial charge < -0.3 is 4.98 Å². The van der Waals surface area contributed by atoms with Gasteiger partial charge in [-0.3, -0.25) is 9.56 Å². The van der Waals surface area contributed by atoms with E-state index in [1.165, 1.54) is 6.07 Å². The summed E-state index contributed by atoms with van der Waals surface area (Å²) in [5.41, 5.74) is 3.52. The average Bonchev–Trinajstić information content (AvgIpc) is 3.09. The molecule has 0 bridgehead atoms. The maximum absolute atomic E-state index is 12.7. The van der Waals surface area contributed by atoms with Crippen molar-refractivity contribution in [1.29, 1.82) is 0 Å². The minimum Gasteiger partial charge on any atom is -0.306 e. The molecule has 0 saturated heterocycles. The molecule has 4 nitrogen and oxygen atoms in total. The van der Waals surface area contributed by atoms with Crippen LogP contribution < -0.4 is 16.4 Å². The predicted octanol–water partition coefficient (Wildman–Crippen LogP) is 5.10. The Morgan fingerprint density at radius 3 is 2.43 bits per heavy atom. The van der Waals surface area contributed by atoms with Gasteiger partial charge in [-0.25, -0.2) is 4.79 Å². The zero-order valence-corrected chi connectivity index (χ0v) is 22.0. The minimum atomic E-state index is -4.25. The van der Waals surface area contributed by atoms with E-state index >= 15 is 0 Å². The summed E-state index contributed by atoms with van der Waals surface area (Å²) in [6.45, 7) is 12.1. The topological polar surface area (TPSA) is 50.1 Å². The second kappa shape index (κ2) is 12.2. The molecule has 35 heavy (non-hydrogen) atoms. The third-order valence-corrected chi connectivity index (χ3v) is 6.09. The third-order valence-electron chi connectivity index (χ3n) is 5.70. The predicted molar refractivity (Wildman–Crippen MR) is 143 cm³/mol. The van der Waals surface area contributed by atoms with Crippen LogP contribution in [-0.4, -0.2) is 22.3 Å². The van der Waals surface area contributed by atoms with Crippen LogP contribution in [0.4, 0.5) is 13.2 Å². The molecule has 1 N–H and O–H groups in total. The first-order valence-electron chi connectivity index (χ1n) is 11.4. The minimum absolute atomic E-state index is 0.0389. The molecule has 0 amide bonds. The van der Waals surface area contributed by atoms with Gasteiger partial charge in [-0.1, -0.05) is 44.7 Å². The van der Waals surface area contributed by atoms with Gasteiger partial charge in [-0.15, -0.1) is 9.24 Å². The molecular weight excluding hydrogens is 470 g/mol. The van der Waals surface area contributed by atoms with Crippen molar-refractivity contribution in [2.75, 3.05) is 7.05 Å². The van der Waals surface area contributed by atoms with Crippen LogP contribution in [-0.2, 0) is 19.1 Å². The fraction of sp³-hybridized carbons (Fsp3) is 0.333. The van der Waals surface area contributed by atoms with E-state index in [-0.39, 0.29) is 11.3 Å². The normalized spacial score (nSPS) is 17.4. The lowest BCUT2D eigenvalue weighted by molar-refractivity contribution is -0.138. The molecule has 0 aliphatic heterocycles. The van der Waals surface area contributed by atoms with Crippen LogP contribution >= 0.6 is 9.24 Å². The molecule has 8 heteroatoms. The van der Waals surface area contributed by atoms with E-state index in [9.17, 15) is 18.0 Å². The number of aliphatic imine (C=N–C) groups is 1. The Morgan fingerprint density at radius 1 is 1.26 bits per heavy atom. The molecule has 0 saturated carbocycles. The van der Waals surface area contributed by atoms with Crippen LogP contribution in [0.2, 0.25) is 0 Å². The van der Waals surface area contributed by atoms with Gasteiger partial charge in [0.15, 0.2) is 0 Å². The number of allylic oxidation sites excluding steroid dienone is 6. The van der Waals surface area contributed by atoms with Crippen molar-refractivity contribution in [1.82, 2.24) is 9.55 Å². The first-order chi connectivity index (χ1) is 16.5. The summed E-state index contributed by atoms with van der Waals surface area (Å²) in [5, 5.41) is 1.46. The van der Waals surface area contributed by atoms with Gasteiger partial charge >= 0.3 is 11.9 Å². The monoisotopic (exact) mass is 503 g/mol. The lowest BCUT2D eigenvalue weighted by atomic mass is 9.99. The summed E-state index contributed by atoms with van der Waals surface area (Å²) in [5.74, 6) is 0. The Bertz CT molecular complexity index is 1340. The van der Waals surface area contributed by atoms with Gasteiger partial charge in [0.1, 0.15) is 0 Å². The molecule has 188 valence electrons. The largest absolute Gasteiger partial charge is 0.416 e. The Morgan fingerprint density at radius 2 is 1.94 bits per heavy atom. The van der Waals surface area contributed by atoms with Crippen molar-refractivity contribution in [2.45, 2.75) is 52.5 Å². The summed E-state index contributed by atoms with van der Waals surface area (Å²) >= 11 is 0. The molecule has 1 aromatic heterocycles. The third kappa shape index (κ3) is 7.04. The zero-order chi connectivity index (χ0) is 26.3. The van der Waals surface area contributed by atoms with E-state index in [2.05, 4.69) is 25.8 Å². The van der Waals surface area contributed by atoms with Crippen LogP contribution in [0.1, 0.15) is 50.0 Å². The summed E-state index contributed by atoms with van der Waals surface area (Å²) in [6.07, 6.45) is 6.10. The summed E-state index contributed by atoms with van der Waals surface area (Å²) in [7, 11) is 4.28. The number of halogens is 3. The highest BCUT2D eigenvalue weighted by atomic mass is 31.0. The van der Waals surface area contributed by atoms with Gasteiger partial charge in [-0.05, 0) is 72.5 Å². The molecule has 1 aliphatic carbocycles. The number of alkyl halides is 3. The molecule has 1 aromatic carbocycles. The fourth-order valence-corrected chi connectivity index (χ4v) is 3.90. The van der Waals surface area contributed by atoms with Gasteiger partial charge in [0.25, 0.3) is 0 Å². The van der Waals surface area contributed by atoms with Crippen LogP contribution in [0.5, 0.6) is 0 Å². The molecule has 2 unspecified atom stereocenters. The van der Waals surface area contributed by atoms with Crippen LogP contribution in [0.3, 0.4) is 0 Å². The smallest absolute Gasteiger partial charge is 0.306 e. The summed E-state index contributed by atoms with van der Waals surface area (Å²) in [6, 6.07) is 4.57. The maximum atomic E-state index is 12.7. The number of benzene rings is 1. The SMILES string of the molecule is C=c1/c(=C/C2=CC(=C/C)/C(=NC)C=C2)[nH]c(=O)n1CC.CCc1ccc(C(C)P)cc1C(F)(F)F. The average molecular weight is 504 g/mol. The second-order valence-corrected chi connectivity index (χ2v) is 9.07. The van der Waals surface area contributed by atoms with E-state index in [1.54, 1.807) is 30.7 Å². The molecule has 0 radical (unpaired) electrons. The van der Waals surface area contributed by atoms with E-state index in [1.807, 2.05) is 51.2 Å². The van der Waals surface area contributed by atoms with Gasteiger partial charge in [0, 0.05) is 13.6 Å². The second-order valence-electron chi connectivity index (χ2n) is 8.07. The Balaban J connectivity index is 0.000000258. The molecule has 2 aromatic rings. The quantitative estimate of drug-likeness (QED) is 0.580. The van der Waals surface area contributed by atoms with Crippen molar-refractivity contribution in [3.8, 4) is 0 Å². The van der Waals surface area contributed by atoms with Crippen LogP contribution in [0, 0.1) is 0 Å². The molecule has 0 spiro atoms. The van der Waals surface area contributed by atoms with Gasteiger partial charge in [-0.2, -0.15) is 13.2 Å². The number of hydrogen-bond acceptors (Lipinski definition) is 2. The zero-order valence-electron chi connectivity index (χ0n) is 20.8. The molecule has 0 fully saturated rings. The number of aromatic nitrogens is 2. The highest BCUT2D eigenvalue weighted by Crippen LogP contribution is 2.35. The number of rotatable bonds is 4. The Hall–Kier alpha value is -2.92.